The highest BCUT2D eigenvalue weighted by Gasteiger charge is 2.33. The number of aromatic nitrogens is 2. The molecule has 0 bridgehead atoms. The topological polar surface area (TPSA) is 64.5 Å². The first-order valence-corrected chi connectivity index (χ1v) is 7.22. The molecule has 7 heteroatoms. The summed E-state index contributed by atoms with van der Waals surface area (Å²) in [7, 11) is 0. The molecule has 1 saturated heterocycles. The fourth-order valence-electron chi connectivity index (χ4n) is 2.11. The molecule has 6 nitrogen and oxygen atoms in total. The molecule has 0 aromatic carbocycles. The molecule has 1 aromatic heterocycles. The van der Waals surface area contributed by atoms with Crippen molar-refractivity contribution in [1.29, 1.82) is 0 Å². The summed E-state index contributed by atoms with van der Waals surface area (Å²) in [6.45, 7) is 8.58. The van der Waals surface area contributed by atoms with E-state index in [-0.39, 0.29) is 12.1 Å². The van der Waals surface area contributed by atoms with Crippen molar-refractivity contribution in [3.63, 3.8) is 0 Å². The lowest BCUT2D eigenvalue weighted by Crippen LogP contribution is -2.46. The summed E-state index contributed by atoms with van der Waals surface area (Å²) in [5.74, 6) is 0.562. The van der Waals surface area contributed by atoms with Gasteiger partial charge in [-0.1, -0.05) is 11.6 Å². The van der Waals surface area contributed by atoms with E-state index in [9.17, 15) is 4.79 Å². The smallest absolute Gasteiger partial charge is 0.411 e. The van der Waals surface area contributed by atoms with Crippen molar-refractivity contribution >= 4 is 17.7 Å². The minimum Gasteiger partial charge on any atom is -0.444 e. The second-order valence-corrected chi connectivity index (χ2v) is 6.31. The summed E-state index contributed by atoms with van der Waals surface area (Å²) in [6, 6.07) is 1.35. The number of nitrogens with zero attached hydrogens (tertiary/aromatic N) is 3. The molecule has 0 N–H and O–H groups in total. The van der Waals surface area contributed by atoms with Crippen LogP contribution >= 0.6 is 11.6 Å². The maximum absolute atomic E-state index is 12.3. The van der Waals surface area contributed by atoms with Gasteiger partial charge in [0.15, 0.2) is 0 Å². The Morgan fingerprint density at radius 1 is 1.48 bits per heavy atom. The maximum Gasteiger partial charge on any atom is 0.411 e. The highest BCUT2D eigenvalue weighted by Crippen LogP contribution is 2.26. The Morgan fingerprint density at radius 2 is 2.19 bits per heavy atom. The van der Waals surface area contributed by atoms with Crippen LogP contribution in [0.15, 0.2) is 6.07 Å². The molecule has 0 unspecified atom stereocenters. The van der Waals surface area contributed by atoms with Crippen molar-refractivity contribution in [2.45, 2.75) is 39.3 Å². The molecule has 0 radical (unpaired) electrons. The second-order valence-electron chi connectivity index (χ2n) is 5.93. The Balaban J connectivity index is 2.24. The lowest BCUT2D eigenvalue weighted by atomic mass is 10.1. The zero-order chi connectivity index (χ0) is 15.6. The molecule has 1 amide bonds. The molecule has 21 heavy (non-hydrogen) atoms. The molecule has 2 rings (SSSR count). The van der Waals surface area contributed by atoms with E-state index in [0.717, 1.165) is 0 Å². The van der Waals surface area contributed by atoms with Gasteiger partial charge in [-0.25, -0.2) is 14.8 Å². The predicted molar refractivity (Wildman–Crippen MR) is 78.3 cm³/mol. The number of morpholine rings is 1. The third-order valence-electron chi connectivity index (χ3n) is 2.92. The fraction of sp³-hybridized carbons (Fsp3) is 0.643. The van der Waals surface area contributed by atoms with Gasteiger partial charge in [0.05, 0.1) is 18.9 Å². The van der Waals surface area contributed by atoms with Crippen LogP contribution < -0.4 is 0 Å². The Labute approximate surface area is 129 Å². The van der Waals surface area contributed by atoms with Crippen LogP contribution in [0, 0.1) is 6.92 Å². The highest BCUT2D eigenvalue weighted by atomic mass is 35.5. The molecule has 0 aliphatic carbocycles. The standard InChI is InChI=1S/C14H20ClN3O3/c1-9-16-10(7-12(15)17-9)11-8-20-6-5-18(11)13(19)21-14(2,3)4/h7,11H,5-6,8H2,1-4H3/t11-/m0/s1. The van der Waals surface area contributed by atoms with E-state index >= 15 is 0 Å². The van der Waals surface area contributed by atoms with E-state index in [2.05, 4.69) is 9.97 Å². The van der Waals surface area contributed by atoms with Gasteiger partial charge in [0.1, 0.15) is 22.6 Å². The molecule has 116 valence electrons. The zero-order valence-corrected chi connectivity index (χ0v) is 13.5. The first kappa shape index (κ1) is 16.0. The molecule has 1 aliphatic heterocycles. The van der Waals surface area contributed by atoms with Crippen molar-refractivity contribution in [3.8, 4) is 0 Å². The lowest BCUT2D eigenvalue weighted by molar-refractivity contribution is -0.0341. The number of amides is 1. The third kappa shape index (κ3) is 4.28. The molecule has 1 fully saturated rings. The van der Waals surface area contributed by atoms with Gasteiger partial charge in [-0.05, 0) is 33.8 Å². The number of aryl methyl sites for hydroxylation is 1. The average molecular weight is 314 g/mol. The van der Waals surface area contributed by atoms with Crippen molar-refractivity contribution in [2.24, 2.45) is 0 Å². The summed E-state index contributed by atoms with van der Waals surface area (Å²) in [6.07, 6.45) is -0.372. The van der Waals surface area contributed by atoms with E-state index in [1.165, 1.54) is 0 Å². The van der Waals surface area contributed by atoms with Crippen LogP contribution in [0.5, 0.6) is 0 Å². The molecule has 1 aliphatic rings. The van der Waals surface area contributed by atoms with Gasteiger partial charge < -0.3 is 9.47 Å². The fourth-order valence-corrected chi connectivity index (χ4v) is 2.35. The van der Waals surface area contributed by atoms with Gasteiger partial charge >= 0.3 is 6.09 Å². The summed E-state index contributed by atoms with van der Waals surface area (Å²) in [5, 5.41) is 0.354. The van der Waals surface area contributed by atoms with Crippen molar-refractivity contribution in [2.75, 3.05) is 19.8 Å². The number of rotatable bonds is 1. The van der Waals surface area contributed by atoms with Crippen LogP contribution in [-0.4, -0.2) is 46.3 Å². The molecule has 0 spiro atoms. The van der Waals surface area contributed by atoms with E-state index in [0.29, 0.717) is 36.4 Å². The molecular weight excluding hydrogens is 294 g/mol. The monoisotopic (exact) mass is 313 g/mol. The van der Waals surface area contributed by atoms with E-state index in [4.69, 9.17) is 21.1 Å². The second kappa shape index (κ2) is 6.15. The minimum absolute atomic E-state index is 0.312. The average Bonchev–Trinajstić information content (AvgIpc) is 2.35. The predicted octanol–water partition coefficient (Wildman–Crippen LogP) is 2.75. The third-order valence-corrected chi connectivity index (χ3v) is 3.12. The van der Waals surface area contributed by atoms with E-state index < -0.39 is 5.60 Å². The van der Waals surface area contributed by atoms with Gasteiger partial charge in [-0.15, -0.1) is 0 Å². The van der Waals surface area contributed by atoms with E-state index in [1.807, 2.05) is 20.8 Å². The Morgan fingerprint density at radius 3 is 2.81 bits per heavy atom. The summed E-state index contributed by atoms with van der Waals surface area (Å²) in [4.78, 5) is 22.4. The highest BCUT2D eigenvalue weighted by molar-refractivity contribution is 6.29. The van der Waals surface area contributed by atoms with Crippen LogP contribution in [-0.2, 0) is 9.47 Å². The minimum atomic E-state index is -0.542. The van der Waals surface area contributed by atoms with Crippen LogP contribution in [0.3, 0.4) is 0 Å². The molecule has 1 aromatic rings. The quantitative estimate of drug-likeness (QED) is 0.746. The number of halogens is 1. The largest absolute Gasteiger partial charge is 0.444 e. The van der Waals surface area contributed by atoms with Crippen LogP contribution in [0.4, 0.5) is 4.79 Å². The molecular formula is C14H20ClN3O3. The number of hydrogen-bond donors (Lipinski definition) is 0. The number of carbonyl (C=O) groups excluding carboxylic acids is 1. The maximum atomic E-state index is 12.3. The number of carbonyl (C=O) groups is 1. The molecule has 0 saturated carbocycles. The Bertz CT molecular complexity index is 510. The number of ether oxygens (including phenoxy) is 2. The van der Waals surface area contributed by atoms with Crippen LogP contribution in [0.1, 0.15) is 38.3 Å². The van der Waals surface area contributed by atoms with Gasteiger partial charge in [0.2, 0.25) is 0 Å². The van der Waals surface area contributed by atoms with Crippen LogP contribution in [0.25, 0.3) is 0 Å². The van der Waals surface area contributed by atoms with Gasteiger partial charge in [0, 0.05) is 6.54 Å². The van der Waals surface area contributed by atoms with Crippen molar-refractivity contribution in [3.05, 3.63) is 22.7 Å². The van der Waals surface area contributed by atoms with Crippen LogP contribution in [0.2, 0.25) is 5.15 Å². The first-order valence-electron chi connectivity index (χ1n) is 6.85. The molecule has 2 heterocycles. The number of hydrogen-bond acceptors (Lipinski definition) is 5. The lowest BCUT2D eigenvalue weighted by Gasteiger charge is -2.36. The van der Waals surface area contributed by atoms with Crippen molar-refractivity contribution < 1.29 is 14.3 Å². The van der Waals surface area contributed by atoms with Crippen molar-refractivity contribution in [1.82, 2.24) is 14.9 Å². The van der Waals surface area contributed by atoms with Gasteiger partial charge in [-0.3, -0.25) is 4.90 Å². The summed E-state index contributed by atoms with van der Waals surface area (Å²) in [5.41, 5.74) is 0.122. The SMILES string of the molecule is Cc1nc(Cl)cc([C@@H]2COCCN2C(=O)OC(C)(C)C)n1. The summed E-state index contributed by atoms with van der Waals surface area (Å²) < 4.78 is 10.9. The molecule has 1 atom stereocenters. The summed E-state index contributed by atoms with van der Waals surface area (Å²) >= 11 is 5.98. The van der Waals surface area contributed by atoms with Gasteiger partial charge in [-0.2, -0.15) is 0 Å². The Hall–Kier alpha value is -1.40. The zero-order valence-electron chi connectivity index (χ0n) is 12.7. The van der Waals surface area contributed by atoms with Gasteiger partial charge in [0.25, 0.3) is 0 Å². The Kier molecular flexibility index (Phi) is 4.68. The normalized spacial score (nSPS) is 19.5. The van der Waals surface area contributed by atoms with E-state index in [1.54, 1.807) is 17.9 Å². The first-order chi connectivity index (χ1) is 9.76.